The highest BCUT2D eigenvalue weighted by Crippen LogP contribution is 2.27. The molecule has 1 atom stereocenters. The quantitative estimate of drug-likeness (QED) is 0.841. The molecule has 1 fully saturated rings. The first kappa shape index (κ1) is 16.5. The average molecular weight is 330 g/mol. The third-order valence-corrected chi connectivity index (χ3v) is 3.63. The molecule has 0 radical (unpaired) electrons. The van der Waals surface area contributed by atoms with Crippen molar-refractivity contribution < 1.29 is 18.8 Å². The number of ether oxygens (including phenoxy) is 2. The molecule has 3 rings (SSSR count). The van der Waals surface area contributed by atoms with E-state index in [1.807, 2.05) is 57.2 Å². The van der Waals surface area contributed by atoms with Gasteiger partial charge in [-0.1, -0.05) is 35.5 Å². The van der Waals surface area contributed by atoms with Gasteiger partial charge in [0.25, 0.3) is 0 Å². The lowest BCUT2D eigenvalue weighted by atomic mass is 10.1. The minimum Gasteiger partial charge on any atom is -0.444 e. The van der Waals surface area contributed by atoms with Crippen LogP contribution < -0.4 is 0 Å². The Kier molecular flexibility index (Phi) is 4.57. The van der Waals surface area contributed by atoms with Crippen LogP contribution in [0.25, 0.3) is 11.3 Å². The third kappa shape index (κ3) is 3.94. The van der Waals surface area contributed by atoms with E-state index in [-0.39, 0.29) is 12.2 Å². The number of hydrogen-bond acceptors (Lipinski definition) is 5. The lowest BCUT2D eigenvalue weighted by molar-refractivity contribution is -0.0517. The molecule has 2 aromatic rings. The van der Waals surface area contributed by atoms with E-state index in [1.54, 1.807) is 4.90 Å². The summed E-state index contributed by atoms with van der Waals surface area (Å²) >= 11 is 0. The Balaban J connectivity index is 1.69. The van der Waals surface area contributed by atoms with Gasteiger partial charge in [0, 0.05) is 18.2 Å². The molecule has 1 aromatic carbocycles. The predicted octanol–water partition coefficient (Wildman–Crippen LogP) is 3.65. The molecule has 1 amide bonds. The van der Waals surface area contributed by atoms with Crippen LogP contribution in [0.4, 0.5) is 4.79 Å². The summed E-state index contributed by atoms with van der Waals surface area (Å²) in [5, 5.41) is 4.10. The summed E-state index contributed by atoms with van der Waals surface area (Å²) < 4.78 is 16.6. The van der Waals surface area contributed by atoms with E-state index in [9.17, 15) is 4.79 Å². The van der Waals surface area contributed by atoms with Crippen LogP contribution in [0.1, 0.15) is 32.6 Å². The summed E-state index contributed by atoms with van der Waals surface area (Å²) in [6.45, 7) is 6.89. The van der Waals surface area contributed by atoms with Crippen molar-refractivity contribution in [3.05, 3.63) is 42.2 Å². The van der Waals surface area contributed by atoms with Gasteiger partial charge < -0.3 is 18.9 Å². The molecule has 2 heterocycles. The zero-order chi connectivity index (χ0) is 17.2. The first-order valence-corrected chi connectivity index (χ1v) is 8.04. The highest BCUT2D eigenvalue weighted by molar-refractivity contribution is 5.68. The molecular formula is C18H22N2O4. The van der Waals surface area contributed by atoms with E-state index in [0.29, 0.717) is 25.5 Å². The molecule has 1 aliphatic rings. The topological polar surface area (TPSA) is 64.8 Å². The number of carbonyl (C=O) groups excluding carboxylic acids is 1. The molecule has 24 heavy (non-hydrogen) atoms. The summed E-state index contributed by atoms with van der Waals surface area (Å²) in [5.41, 5.74) is 1.22. The van der Waals surface area contributed by atoms with Crippen molar-refractivity contribution in [1.29, 1.82) is 0 Å². The van der Waals surface area contributed by atoms with Gasteiger partial charge in [-0.2, -0.15) is 0 Å². The summed E-state index contributed by atoms with van der Waals surface area (Å²) in [6.07, 6.45) is -0.671. The fourth-order valence-corrected chi connectivity index (χ4v) is 2.50. The zero-order valence-corrected chi connectivity index (χ0v) is 14.2. The Morgan fingerprint density at radius 2 is 2.04 bits per heavy atom. The first-order valence-electron chi connectivity index (χ1n) is 8.04. The fourth-order valence-electron chi connectivity index (χ4n) is 2.50. The number of morpholine rings is 1. The Morgan fingerprint density at radius 1 is 1.29 bits per heavy atom. The Bertz CT molecular complexity index is 691. The smallest absolute Gasteiger partial charge is 0.410 e. The van der Waals surface area contributed by atoms with Crippen LogP contribution in [0, 0.1) is 0 Å². The Labute approximate surface area is 141 Å². The van der Waals surface area contributed by atoms with Crippen LogP contribution in [0.5, 0.6) is 0 Å². The number of amides is 1. The van der Waals surface area contributed by atoms with Gasteiger partial charge >= 0.3 is 6.09 Å². The number of carbonyl (C=O) groups is 1. The molecule has 128 valence electrons. The van der Waals surface area contributed by atoms with E-state index in [1.165, 1.54) is 0 Å². The van der Waals surface area contributed by atoms with Crippen LogP contribution in [-0.2, 0) is 9.47 Å². The SMILES string of the molecule is CC(C)(C)OC(=O)N1CCO[C@H](c2cc(-c3ccccc3)no2)C1. The highest BCUT2D eigenvalue weighted by atomic mass is 16.6. The fraction of sp³-hybridized carbons (Fsp3) is 0.444. The molecule has 0 aliphatic carbocycles. The van der Waals surface area contributed by atoms with Gasteiger partial charge in [0.1, 0.15) is 17.4 Å². The molecule has 0 spiro atoms. The van der Waals surface area contributed by atoms with Crippen molar-refractivity contribution in [1.82, 2.24) is 10.1 Å². The van der Waals surface area contributed by atoms with Gasteiger partial charge in [-0.15, -0.1) is 0 Å². The van der Waals surface area contributed by atoms with Gasteiger partial charge in [-0.25, -0.2) is 4.79 Å². The van der Waals surface area contributed by atoms with Gasteiger partial charge in [0.15, 0.2) is 5.76 Å². The van der Waals surface area contributed by atoms with E-state index in [4.69, 9.17) is 14.0 Å². The molecule has 1 aromatic heterocycles. The summed E-state index contributed by atoms with van der Waals surface area (Å²) in [6, 6.07) is 11.6. The molecule has 6 heteroatoms. The molecule has 0 N–H and O–H groups in total. The average Bonchev–Trinajstić information content (AvgIpc) is 3.04. The first-order chi connectivity index (χ1) is 11.4. The van der Waals surface area contributed by atoms with Crippen LogP contribution in [0.15, 0.2) is 40.9 Å². The van der Waals surface area contributed by atoms with Gasteiger partial charge in [0.2, 0.25) is 0 Å². The van der Waals surface area contributed by atoms with Crippen molar-refractivity contribution in [3.63, 3.8) is 0 Å². The highest BCUT2D eigenvalue weighted by Gasteiger charge is 2.31. The summed E-state index contributed by atoms with van der Waals surface area (Å²) in [5.74, 6) is 0.613. The van der Waals surface area contributed by atoms with Crippen LogP contribution >= 0.6 is 0 Å². The minimum absolute atomic E-state index is 0.335. The second kappa shape index (κ2) is 6.65. The van der Waals surface area contributed by atoms with Crippen LogP contribution in [0.3, 0.4) is 0 Å². The van der Waals surface area contributed by atoms with E-state index >= 15 is 0 Å². The van der Waals surface area contributed by atoms with Gasteiger partial charge in [-0.3, -0.25) is 0 Å². The number of rotatable bonds is 2. The molecule has 0 saturated carbocycles. The Morgan fingerprint density at radius 3 is 2.75 bits per heavy atom. The monoisotopic (exact) mass is 330 g/mol. The van der Waals surface area contributed by atoms with Crippen molar-refractivity contribution in [2.24, 2.45) is 0 Å². The van der Waals surface area contributed by atoms with E-state index in [0.717, 1.165) is 11.3 Å². The lowest BCUT2D eigenvalue weighted by Crippen LogP contribution is -2.44. The zero-order valence-electron chi connectivity index (χ0n) is 14.2. The van der Waals surface area contributed by atoms with Crippen LogP contribution in [0.2, 0.25) is 0 Å². The maximum absolute atomic E-state index is 12.2. The summed E-state index contributed by atoms with van der Waals surface area (Å²) in [7, 11) is 0. The normalized spacial score (nSPS) is 18.5. The molecule has 6 nitrogen and oxygen atoms in total. The third-order valence-electron chi connectivity index (χ3n) is 3.63. The largest absolute Gasteiger partial charge is 0.444 e. The molecule has 0 bridgehead atoms. The molecule has 1 saturated heterocycles. The maximum atomic E-state index is 12.2. The van der Waals surface area contributed by atoms with Crippen LogP contribution in [-0.4, -0.2) is 41.4 Å². The number of aromatic nitrogens is 1. The number of benzene rings is 1. The van der Waals surface area contributed by atoms with E-state index in [2.05, 4.69) is 5.16 Å². The van der Waals surface area contributed by atoms with E-state index < -0.39 is 5.60 Å². The second-order valence-corrected chi connectivity index (χ2v) is 6.77. The van der Waals surface area contributed by atoms with Gasteiger partial charge in [0.05, 0.1) is 13.2 Å². The summed E-state index contributed by atoms with van der Waals surface area (Å²) in [4.78, 5) is 13.9. The number of hydrogen-bond donors (Lipinski definition) is 0. The van der Waals surface area contributed by atoms with Crippen molar-refractivity contribution in [2.75, 3.05) is 19.7 Å². The predicted molar refractivity (Wildman–Crippen MR) is 88.4 cm³/mol. The standard InChI is InChI=1S/C18H22N2O4/c1-18(2,3)23-17(21)20-9-10-22-16(12-20)15-11-14(19-24-15)13-7-5-4-6-8-13/h4-8,11,16H,9-10,12H2,1-3H3/t16-/m0/s1. The van der Waals surface area contributed by atoms with Crippen molar-refractivity contribution >= 4 is 6.09 Å². The minimum atomic E-state index is -0.516. The molecule has 0 unspecified atom stereocenters. The van der Waals surface area contributed by atoms with Crippen molar-refractivity contribution in [3.8, 4) is 11.3 Å². The maximum Gasteiger partial charge on any atom is 0.410 e. The number of nitrogens with zero attached hydrogens (tertiary/aromatic N) is 2. The second-order valence-electron chi connectivity index (χ2n) is 6.77. The lowest BCUT2D eigenvalue weighted by Gasteiger charge is -2.33. The molecule has 1 aliphatic heterocycles. The van der Waals surface area contributed by atoms with Crippen molar-refractivity contribution in [2.45, 2.75) is 32.5 Å². The van der Waals surface area contributed by atoms with Gasteiger partial charge in [-0.05, 0) is 20.8 Å². The molecular weight excluding hydrogens is 308 g/mol. The Hall–Kier alpha value is -2.34.